The smallest absolute Gasteiger partial charge is 0.320 e. The van der Waals surface area contributed by atoms with E-state index in [9.17, 15) is 4.79 Å². The van der Waals surface area contributed by atoms with Crippen molar-refractivity contribution in [1.29, 1.82) is 0 Å². The van der Waals surface area contributed by atoms with Crippen molar-refractivity contribution in [3.05, 3.63) is 0 Å². The number of rotatable bonds is 8. The van der Waals surface area contributed by atoms with Gasteiger partial charge in [0.1, 0.15) is 6.10 Å². The monoisotopic (exact) mass is 217 g/mol. The Morgan fingerprint density at radius 1 is 1.33 bits per heavy atom. The zero-order chi connectivity index (χ0) is 11.7. The molecule has 0 aromatic rings. The summed E-state index contributed by atoms with van der Waals surface area (Å²) in [6.45, 7) is 9.23. The second kappa shape index (κ2) is 8.68. The Kier molecular flexibility index (Phi) is 8.33. The first kappa shape index (κ1) is 14.4. The highest BCUT2D eigenvalue weighted by atomic mass is 16.6. The first-order valence-electron chi connectivity index (χ1n) is 5.60. The number of carbonyl (C=O) groups excluding carboxylic acids is 1. The lowest BCUT2D eigenvalue weighted by Gasteiger charge is -2.15. The number of carbonyl (C=O) groups is 1. The van der Waals surface area contributed by atoms with Gasteiger partial charge in [0.25, 0.3) is 0 Å². The van der Waals surface area contributed by atoms with Crippen molar-refractivity contribution >= 4 is 5.97 Å². The molecule has 4 heteroatoms. The standard InChI is InChI=1S/C11H23NO3/c1-5-9(3)12-7-11(13)15-10(4)8-14-6-2/h9-10,12H,5-8H2,1-4H3. The van der Waals surface area contributed by atoms with E-state index in [1.54, 1.807) is 0 Å². The van der Waals surface area contributed by atoms with Crippen LogP contribution in [0.4, 0.5) is 0 Å². The third kappa shape index (κ3) is 8.39. The summed E-state index contributed by atoms with van der Waals surface area (Å²) in [6, 6.07) is 0.347. The average Bonchev–Trinajstić information content (AvgIpc) is 2.22. The van der Waals surface area contributed by atoms with Gasteiger partial charge in [-0.05, 0) is 27.2 Å². The molecular formula is C11H23NO3. The van der Waals surface area contributed by atoms with Crippen LogP contribution in [0.15, 0.2) is 0 Å². The molecule has 0 aliphatic heterocycles. The molecule has 2 atom stereocenters. The van der Waals surface area contributed by atoms with E-state index in [1.807, 2.05) is 20.8 Å². The van der Waals surface area contributed by atoms with Crippen LogP contribution >= 0.6 is 0 Å². The average molecular weight is 217 g/mol. The van der Waals surface area contributed by atoms with Crippen molar-refractivity contribution < 1.29 is 14.3 Å². The SMILES string of the molecule is CCOCC(C)OC(=O)CNC(C)CC. The van der Waals surface area contributed by atoms with Gasteiger partial charge in [-0.3, -0.25) is 4.79 Å². The molecule has 0 saturated heterocycles. The topological polar surface area (TPSA) is 47.6 Å². The molecule has 1 N–H and O–H groups in total. The summed E-state index contributed by atoms with van der Waals surface area (Å²) >= 11 is 0. The van der Waals surface area contributed by atoms with Crippen LogP contribution in [-0.4, -0.2) is 37.9 Å². The maximum absolute atomic E-state index is 11.3. The van der Waals surface area contributed by atoms with Crippen molar-refractivity contribution in [2.75, 3.05) is 19.8 Å². The Balaban J connectivity index is 3.55. The lowest BCUT2D eigenvalue weighted by atomic mass is 10.3. The maximum Gasteiger partial charge on any atom is 0.320 e. The van der Waals surface area contributed by atoms with Gasteiger partial charge in [0, 0.05) is 12.6 Å². The van der Waals surface area contributed by atoms with E-state index in [2.05, 4.69) is 12.2 Å². The highest BCUT2D eigenvalue weighted by Crippen LogP contribution is 1.93. The molecule has 0 fully saturated rings. The lowest BCUT2D eigenvalue weighted by Crippen LogP contribution is -2.34. The number of esters is 1. The van der Waals surface area contributed by atoms with E-state index >= 15 is 0 Å². The van der Waals surface area contributed by atoms with E-state index in [0.29, 0.717) is 19.3 Å². The predicted molar refractivity (Wildman–Crippen MR) is 59.8 cm³/mol. The van der Waals surface area contributed by atoms with Crippen molar-refractivity contribution in [2.45, 2.75) is 46.3 Å². The third-order valence-corrected chi connectivity index (χ3v) is 2.10. The van der Waals surface area contributed by atoms with E-state index in [1.165, 1.54) is 0 Å². The maximum atomic E-state index is 11.3. The second-order valence-electron chi connectivity index (χ2n) is 3.65. The summed E-state index contributed by atoms with van der Waals surface area (Å²) in [7, 11) is 0. The molecule has 0 rings (SSSR count). The van der Waals surface area contributed by atoms with Gasteiger partial charge in [0.05, 0.1) is 13.2 Å². The molecule has 2 unspecified atom stereocenters. The Hall–Kier alpha value is -0.610. The molecule has 0 aromatic heterocycles. The normalized spacial score (nSPS) is 14.7. The van der Waals surface area contributed by atoms with Crippen molar-refractivity contribution in [1.82, 2.24) is 5.32 Å². The van der Waals surface area contributed by atoms with E-state index < -0.39 is 0 Å². The fraction of sp³-hybridized carbons (Fsp3) is 0.909. The summed E-state index contributed by atoms with van der Waals surface area (Å²) < 4.78 is 10.3. The van der Waals surface area contributed by atoms with Gasteiger partial charge in [0.2, 0.25) is 0 Å². The molecular weight excluding hydrogens is 194 g/mol. The van der Waals surface area contributed by atoms with Crippen molar-refractivity contribution in [3.8, 4) is 0 Å². The molecule has 0 bridgehead atoms. The zero-order valence-corrected chi connectivity index (χ0v) is 10.2. The first-order valence-corrected chi connectivity index (χ1v) is 5.60. The summed E-state index contributed by atoms with van der Waals surface area (Å²) in [5.41, 5.74) is 0. The van der Waals surface area contributed by atoms with Gasteiger partial charge in [-0.2, -0.15) is 0 Å². The minimum Gasteiger partial charge on any atom is -0.459 e. The Morgan fingerprint density at radius 3 is 2.53 bits per heavy atom. The fourth-order valence-corrected chi connectivity index (χ4v) is 0.986. The quantitative estimate of drug-likeness (QED) is 0.623. The molecule has 90 valence electrons. The highest BCUT2D eigenvalue weighted by Gasteiger charge is 2.09. The first-order chi connectivity index (χ1) is 7.10. The summed E-state index contributed by atoms with van der Waals surface area (Å²) in [5, 5.41) is 3.08. The largest absolute Gasteiger partial charge is 0.459 e. The molecule has 0 heterocycles. The van der Waals surface area contributed by atoms with Crippen LogP contribution in [0.25, 0.3) is 0 Å². The molecule has 0 aromatic carbocycles. The van der Waals surface area contributed by atoms with Crippen LogP contribution < -0.4 is 5.32 Å². The number of nitrogens with one attached hydrogen (secondary N) is 1. The Labute approximate surface area is 92.3 Å². The van der Waals surface area contributed by atoms with Crippen LogP contribution in [0.1, 0.15) is 34.1 Å². The van der Waals surface area contributed by atoms with Crippen molar-refractivity contribution in [2.24, 2.45) is 0 Å². The molecule has 0 saturated carbocycles. The van der Waals surface area contributed by atoms with Gasteiger partial charge in [0.15, 0.2) is 0 Å². The zero-order valence-electron chi connectivity index (χ0n) is 10.2. The van der Waals surface area contributed by atoms with E-state index in [0.717, 1.165) is 6.42 Å². The molecule has 0 aliphatic carbocycles. The van der Waals surface area contributed by atoms with Crippen LogP contribution in [0.3, 0.4) is 0 Å². The van der Waals surface area contributed by atoms with Gasteiger partial charge in [-0.25, -0.2) is 0 Å². The molecule has 0 aliphatic rings. The van der Waals surface area contributed by atoms with Gasteiger partial charge < -0.3 is 14.8 Å². The molecule has 0 spiro atoms. The lowest BCUT2D eigenvalue weighted by molar-refractivity contribution is -0.149. The minimum absolute atomic E-state index is 0.170. The second-order valence-corrected chi connectivity index (χ2v) is 3.65. The van der Waals surface area contributed by atoms with Crippen LogP contribution in [0, 0.1) is 0 Å². The highest BCUT2D eigenvalue weighted by molar-refractivity contribution is 5.71. The van der Waals surface area contributed by atoms with Gasteiger partial charge >= 0.3 is 5.97 Å². The summed E-state index contributed by atoms with van der Waals surface area (Å²) in [4.78, 5) is 11.3. The van der Waals surface area contributed by atoms with Gasteiger partial charge in [-0.1, -0.05) is 6.92 Å². The van der Waals surface area contributed by atoms with Crippen LogP contribution in [0.5, 0.6) is 0 Å². The Morgan fingerprint density at radius 2 is 2.00 bits per heavy atom. The number of hydrogen-bond acceptors (Lipinski definition) is 4. The number of ether oxygens (including phenoxy) is 2. The molecule has 15 heavy (non-hydrogen) atoms. The van der Waals surface area contributed by atoms with Crippen LogP contribution in [0.2, 0.25) is 0 Å². The summed E-state index contributed by atoms with van der Waals surface area (Å²) in [6.07, 6.45) is 0.832. The van der Waals surface area contributed by atoms with Crippen molar-refractivity contribution in [3.63, 3.8) is 0 Å². The minimum atomic E-state index is -0.220. The summed E-state index contributed by atoms with van der Waals surface area (Å²) in [5.74, 6) is -0.220. The molecule has 0 radical (unpaired) electrons. The number of hydrogen-bond donors (Lipinski definition) is 1. The molecule has 4 nitrogen and oxygen atoms in total. The van der Waals surface area contributed by atoms with E-state index in [-0.39, 0.29) is 18.6 Å². The fourth-order valence-electron chi connectivity index (χ4n) is 0.986. The molecule has 0 amide bonds. The predicted octanol–water partition coefficient (Wildman–Crippen LogP) is 1.34. The van der Waals surface area contributed by atoms with E-state index in [4.69, 9.17) is 9.47 Å². The van der Waals surface area contributed by atoms with Gasteiger partial charge in [-0.15, -0.1) is 0 Å². The van der Waals surface area contributed by atoms with Crippen LogP contribution in [-0.2, 0) is 14.3 Å². The third-order valence-electron chi connectivity index (χ3n) is 2.10. The Bertz CT molecular complexity index is 173.